The molecule has 0 spiro atoms. The Morgan fingerprint density at radius 3 is 2.69 bits per heavy atom. The summed E-state index contributed by atoms with van der Waals surface area (Å²) in [5.74, 6) is -0.381. The highest BCUT2D eigenvalue weighted by Gasteiger charge is 2.47. The van der Waals surface area contributed by atoms with Gasteiger partial charge in [0.1, 0.15) is 5.58 Å². The van der Waals surface area contributed by atoms with E-state index in [-0.39, 0.29) is 35.8 Å². The first kappa shape index (κ1) is 24.1. The van der Waals surface area contributed by atoms with Crippen molar-refractivity contribution < 1.29 is 23.5 Å². The van der Waals surface area contributed by atoms with Crippen LogP contribution in [0.15, 0.2) is 59.0 Å². The van der Waals surface area contributed by atoms with E-state index in [2.05, 4.69) is 10.6 Å². The second-order valence-corrected chi connectivity index (χ2v) is 9.81. The highest BCUT2D eigenvalue weighted by Crippen LogP contribution is 2.40. The summed E-state index contributed by atoms with van der Waals surface area (Å²) < 4.78 is 11.9. The summed E-state index contributed by atoms with van der Waals surface area (Å²) in [6.07, 6.45) is 2.38. The van der Waals surface area contributed by atoms with Gasteiger partial charge >= 0.3 is 0 Å². The van der Waals surface area contributed by atoms with E-state index in [0.717, 1.165) is 23.8 Å². The van der Waals surface area contributed by atoms with Gasteiger partial charge in [-0.2, -0.15) is 0 Å². The first-order valence-electron chi connectivity index (χ1n) is 12.4. The zero-order chi connectivity index (χ0) is 25.1. The Balaban J connectivity index is 1.22. The molecular formula is C28H31N3O5. The molecule has 2 aliphatic heterocycles. The predicted octanol–water partition coefficient (Wildman–Crippen LogP) is 3.30. The van der Waals surface area contributed by atoms with Gasteiger partial charge in [0.15, 0.2) is 5.76 Å². The number of carbonyl (C=O) groups is 3. The SMILES string of the molecule is Cc1ccc(C(=O)NCC(=O)NC[C@@]23CCCO[C@@H]2CCN(C(=O)c2cc4ccccc4o2)C3)cc1. The van der Waals surface area contributed by atoms with Crippen LogP contribution in [0.25, 0.3) is 11.0 Å². The summed E-state index contributed by atoms with van der Waals surface area (Å²) in [5, 5.41) is 6.56. The fourth-order valence-electron chi connectivity index (χ4n) is 5.27. The number of hydrogen-bond acceptors (Lipinski definition) is 5. The van der Waals surface area contributed by atoms with Crippen LogP contribution >= 0.6 is 0 Å². The van der Waals surface area contributed by atoms with Crippen LogP contribution in [0.3, 0.4) is 0 Å². The van der Waals surface area contributed by atoms with Crippen LogP contribution in [-0.2, 0) is 9.53 Å². The van der Waals surface area contributed by atoms with Crippen molar-refractivity contribution in [2.45, 2.75) is 32.3 Å². The van der Waals surface area contributed by atoms with Gasteiger partial charge in [-0.1, -0.05) is 35.9 Å². The number of benzene rings is 2. The smallest absolute Gasteiger partial charge is 0.289 e. The molecule has 0 radical (unpaired) electrons. The summed E-state index contributed by atoms with van der Waals surface area (Å²) >= 11 is 0. The van der Waals surface area contributed by atoms with Gasteiger partial charge in [0, 0.05) is 42.6 Å². The van der Waals surface area contributed by atoms with Crippen molar-refractivity contribution in [3.63, 3.8) is 0 Å². The van der Waals surface area contributed by atoms with Gasteiger partial charge < -0.3 is 24.7 Å². The fourth-order valence-corrected chi connectivity index (χ4v) is 5.27. The van der Waals surface area contributed by atoms with Crippen molar-refractivity contribution in [2.75, 3.05) is 32.8 Å². The maximum atomic E-state index is 13.3. The number of aryl methyl sites for hydroxylation is 1. The Morgan fingerprint density at radius 1 is 1.08 bits per heavy atom. The lowest BCUT2D eigenvalue weighted by atomic mass is 9.72. The van der Waals surface area contributed by atoms with Gasteiger partial charge in [0.2, 0.25) is 5.91 Å². The lowest BCUT2D eigenvalue weighted by Gasteiger charge is -2.50. The number of nitrogens with zero attached hydrogens (tertiary/aromatic N) is 1. The number of para-hydroxylation sites is 1. The van der Waals surface area contributed by atoms with Crippen LogP contribution in [0.4, 0.5) is 0 Å². The van der Waals surface area contributed by atoms with Gasteiger partial charge in [-0.25, -0.2) is 0 Å². The lowest BCUT2D eigenvalue weighted by Crippen LogP contribution is -2.60. The van der Waals surface area contributed by atoms with Crippen LogP contribution in [-0.4, -0.2) is 61.5 Å². The number of likely N-dealkylation sites (tertiary alicyclic amines) is 1. The van der Waals surface area contributed by atoms with Gasteiger partial charge in [-0.15, -0.1) is 0 Å². The summed E-state index contributed by atoms with van der Waals surface area (Å²) in [7, 11) is 0. The highest BCUT2D eigenvalue weighted by molar-refractivity contribution is 5.97. The maximum Gasteiger partial charge on any atom is 0.289 e. The molecule has 0 unspecified atom stereocenters. The molecular weight excluding hydrogens is 458 g/mol. The molecule has 2 aliphatic rings. The molecule has 3 amide bonds. The third-order valence-electron chi connectivity index (χ3n) is 7.27. The van der Waals surface area contributed by atoms with E-state index >= 15 is 0 Å². The molecule has 3 heterocycles. The molecule has 0 saturated carbocycles. The number of rotatable bonds is 6. The maximum absolute atomic E-state index is 13.3. The zero-order valence-electron chi connectivity index (χ0n) is 20.4. The highest BCUT2D eigenvalue weighted by atomic mass is 16.5. The summed E-state index contributed by atoms with van der Waals surface area (Å²) in [4.78, 5) is 40.1. The molecule has 3 aromatic rings. The third-order valence-corrected chi connectivity index (χ3v) is 7.27. The Hall–Kier alpha value is -3.65. The fraction of sp³-hybridized carbons (Fsp3) is 0.393. The van der Waals surface area contributed by atoms with E-state index < -0.39 is 0 Å². The number of amides is 3. The quantitative estimate of drug-likeness (QED) is 0.553. The average molecular weight is 490 g/mol. The molecule has 2 N–H and O–H groups in total. The average Bonchev–Trinajstić information content (AvgIpc) is 3.34. The molecule has 2 saturated heterocycles. The number of piperidine rings is 1. The van der Waals surface area contributed by atoms with Crippen LogP contribution in [0.1, 0.15) is 45.7 Å². The first-order valence-corrected chi connectivity index (χ1v) is 12.4. The van der Waals surface area contributed by atoms with Crippen molar-refractivity contribution in [2.24, 2.45) is 5.41 Å². The van der Waals surface area contributed by atoms with Gasteiger partial charge in [0.05, 0.1) is 12.6 Å². The summed E-state index contributed by atoms with van der Waals surface area (Å²) in [6.45, 7) is 3.95. The Labute approximate surface area is 210 Å². The predicted molar refractivity (Wildman–Crippen MR) is 135 cm³/mol. The van der Waals surface area contributed by atoms with Crippen LogP contribution in [0.2, 0.25) is 0 Å². The number of furan rings is 1. The minimum Gasteiger partial charge on any atom is -0.451 e. The number of fused-ring (bicyclic) bond motifs is 2. The molecule has 8 heteroatoms. The topological polar surface area (TPSA) is 101 Å². The molecule has 5 rings (SSSR count). The molecule has 36 heavy (non-hydrogen) atoms. The van der Waals surface area contributed by atoms with E-state index in [1.807, 2.05) is 48.2 Å². The zero-order valence-corrected chi connectivity index (χ0v) is 20.4. The Morgan fingerprint density at radius 2 is 1.89 bits per heavy atom. The second-order valence-electron chi connectivity index (χ2n) is 9.81. The largest absolute Gasteiger partial charge is 0.451 e. The molecule has 0 aliphatic carbocycles. The standard InChI is InChI=1S/C28H31N3O5/c1-19-7-9-20(10-8-19)26(33)29-16-25(32)30-17-28-12-4-14-35-24(28)11-13-31(18-28)27(34)23-15-21-5-2-3-6-22(21)36-23/h2-3,5-10,15,24H,4,11-14,16-18H2,1H3,(H,29,33)(H,30,32)/t24-,28-/m1/s1. The molecule has 2 fully saturated rings. The molecule has 1 aromatic heterocycles. The minimum atomic E-state index is -0.380. The molecule has 0 bridgehead atoms. The molecule has 2 aromatic carbocycles. The normalized spacial score (nSPS) is 21.6. The van der Waals surface area contributed by atoms with Crippen molar-refractivity contribution in [3.05, 3.63) is 71.5 Å². The Bertz CT molecular complexity index is 1230. The third kappa shape index (κ3) is 4.99. The molecule has 188 valence electrons. The van der Waals surface area contributed by atoms with E-state index in [1.54, 1.807) is 18.2 Å². The Kier molecular flexibility index (Phi) is 6.78. The van der Waals surface area contributed by atoms with E-state index in [9.17, 15) is 14.4 Å². The van der Waals surface area contributed by atoms with Crippen molar-refractivity contribution in [1.82, 2.24) is 15.5 Å². The second kappa shape index (κ2) is 10.1. The monoisotopic (exact) mass is 489 g/mol. The van der Waals surface area contributed by atoms with Crippen LogP contribution in [0, 0.1) is 12.3 Å². The van der Waals surface area contributed by atoms with E-state index in [1.165, 1.54) is 0 Å². The lowest BCUT2D eigenvalue weighted by molar-refractivity contribution is -0.129. The number of hydrogen-bond donors (Lipinski definition) is 2. The van der Waals surface area contributed by atoms with Crippen molar-refractivity contribution in [1.29, 1.82) is 0 Å². The van der Waals surface area contributed by atoms with E-state index in [4.69, 9.17) is 9.15 Å². The van der Waals surface area contributed by atoms with Crippen LogP contribution < -0.4 is 10.6 Å². The first-order chi connectivity index (χ1) is 17.4. The number of ether oxygens (including phenoxy) is 1. The van der Waals surface area contributed by atoms with Gasteiger partial charge in [-0.05, 0) is 50.5 Å². The number of carbonyl (C=O) groups excluding carboxylic acids is 3. The van der Waals surface area contributed by atoms with Crippen molar-refractivity contribution in [3.8, 4) is 0 Å². The van der Waals surface area contributed by atoms with Crippen molar-refractivity contribution >= 4 is 28.7 Å². The van der Waals surface area contributed by atoms with E-state index in [0.29, 0.717) is 49.6 Å². The molecule has 2 atom stereocenters. The minimum absolute atomic E-state index is 0.0339. The summed E-state index contributed by atoms with van der Waals surface area (Å²) in [5.41, 5.74) is 1.88. The molecule has 8 nitrogen and oxygen atoms in total. The summed E-state index contributed by atoms with van der Waals surface area (Å²) in [6, 6.07) is 16.5. The van der Waals surface area contributed by atoms with Gasteiger partial charge in [-0.3, -0.25) is 14.4 Å². The van der Waals surface area contributed by atoms with Crippen LogP contribution in [0.5, 0.6) is 0 Å². The van der Waals surface area contributed by atoms with Gasteiger partial charge in [0.25, 0.3) is 11.8 Å². The number of nitrogens with one attached hydrogen (secondary N) is 2.